The Bertz CT molecular complexity index is 1450. The third-order valence-electron chi connectivity index (χ3n) is 6.51. The highest BCUT2D eigenvalue weighted by atomic mass is 32.1. The molecule has 0 bridgehead atoms. The molecule has 2 aromatic heterocycles. The average Bonchev–Trinajstić information content (AvgIpc) is 3.55. The average molecular weight is 488 g/mol. The minimum atomic E-state index is -0.231. The van der Waals surface area contributed by atoms with Crippen LogP contribution >= 0.6 is 11.3 Å². The van der Waals surface area contributed by atoms with Gasteiger partial charge in [-0.05, 0) is 49.1 Å². The summed E-state index contributed by atoms with van der Waals surface area (Å²) in [7, 11) is 5.53. The zero-order valence-electron chi connectivity index (χ0n) is 20.7. The van der Waals surface area contributed by atoms with Crippen LogP contribution in [-0.2, 0) is 0 Å². The van der Waals surface area contributed by atoms with Gasteiger partial charge < -0.3 is 19.5 Å². The zero-order valence-corrected chi connectivity index (χ0v) is 21.5. The molecule has 0 aliphatic carbocycles. The summed E-state index contributed by atoms with van der Waals surface area (Å²) in [4.78, 5) is 31.7. The number of H-pyrrole nitrogens is 1. The van der Waals surface area contributed by atoms with Crippen LogP contribution in [0, 0.1) is 13.8 Å². The maximum Gasteiger partial charge on any atom is 0.274 e. The number of benzene rings is 2. The Hall–Kier alpha value is -3.65. The summed E-state index contributed by atoms with van der Waals surface area (Å²) in [6.45, 7) is 8.85. The first-order valence-corrected chi connectivity index (χ1v) is 12.3. The number of nitrogens with zero attached hydrogens (tertiary/aromatic N) is 4. The van der Waals surface area contributed by atoms with E-state index in [2.05, 4.69) is 43.6 Å². The third kappa shape index (κ3) is 4.18. The quantitative estimate of drug-likeness (QED) is 0.375. The van der Waals surface area contributed by atoms with Crippen molar-refractivity contribution in [2.24, 2.45) is 0 Å². The van der Waals surface area contributed by atoms with Gasteiger partial charge in [-0.3, -0.25) is 4.79 Å². The van der Waals surface area contributed by atoms with Gasteiger partial charge in [0.05, 0.1) is 29.1 Å². The largest absolute Gasteiger partial charge is 0.497 e. The second kappa shape index (κ2) is 8.85. The molecule has 1 aliphatic heterocycles. The van der Waals surface area contributed by atoms with Gasteiger partial charge in [-0.15, -0.1) is 0 Å². The number of aryl methyl sites for hydroxylation is 2. The lowest BCUT2D eigenvalue weighted by Gasteiger charge is -2.22. The van der Waals surface area contributed by atoms with Crippen molar-refractivity contribution < 1.29 is 9.53 Å². The van der Waals surface area contributed by atoms with Crippen molar-refractivity contribution in [2.75, 3.05) is 32.6 Å². The van der Waals surface area contributed by atoms with E-state index in [1.165, 1.54) is 22.5 Å². The summed E-state index contributed by atoms with van der Waals surface area (Å²) >= 11 is 1.54. The number of likely N-dealkylation sites (tertiary alicyclic amines) is 1. The predicted molar refractivity (Wildman–Crippen MR) is 142 cm³/mol. The van der Waals surface area contributed by atoms with Gasteiger partial charge in [0.25, 0.3) is 5.91 Å². The summed E-state index contributed by atoms with van der Waals surface area (Å²) in [6, 6.07) is 11.8. The van der Waals surface area contributed by atoms with E-state index in [0.29, 0.717) is 18.7 Å². The van der Waals surface area contributed by atoms with Gasteiger partial charge in [0.2, 0.25) is 0 Å². The van der Waals surface area contributed by atoms with Crippen LogP contribution in [0.2, 0.25) is 0 Å². The van der Waals surface area contributed by atoms with Gasteiger partial charge in [-0.25, -0.2) is 9.97 Å². The van der Waals surface area contributed by atoms with Crippen molar-refractivity contribution in [3.63, 3.8) is 0 Å². The van der Waals surface area contributed by atoms with Gasteiger partial charge in [0, 0.05) is 26.7 Å². The fraction of sp³-hybridized carbons (Fsp3) is 0.296. The highest BCUT2D eigenvalue weighted by Crippen LogP contribution is 2.40. The molecule has 2 aromatic carbocycles. The molecule has 4 aromatic rings. The van der Waals surface area contributed by atoms with E-state index in [0.717, 1.165) is 43.8 Å². The molecule has 3 heterocycles. The second-order valence-electron chi connectivity index (χ2n) is 9.28. The highest BCUT2D eigenvalue weighted by molar-refractivity contribution is 7.19. The van der Waals surface area contributed by atoms with Crippen LogP contribution in [0.5, 0.6) is 5.75 Å². The number of hydrogen-bond acceptors (Lipinski definition) is 6. The number of imidazole rings is 1. The molecule has 180 valence electrons. The number of hydrogen-bond donors (Lipinski definition) is 1. The smallest absolute Gasteiger partial charge is 0.274 e. The SMILES string of the molecule is C=C1C[C@@H](c2nc3cc(OC)ccc3[nH]2)N(C(=O)c2nc(N(C)C)sc2-c2ccc(C)c(C)c2)C1. The van der Waals surface area contributed by atoms with Gasteiger partial charge in [0.1, 0.15) is 17.3 Å². The lowest BCUT2D eigenvalue weighted by Crippen LogP contribution is -2.32. The molecule has 0 unspecified atom stereocenters. The normalized spacial score (nSPS) is 15.7. The third-order valence-corrected chi connectivity index (χ3v) is 7.78. The molecule has 7 nitrogen and oxygen atoms in total. The summed E-state index contributed by atoms with van der Waals surface area (Å²) in [5.74, 6) is 1.39. The Kier molecular flexibility index (Phi) is 5.84. The molecule has 1 aliphatic rings. The number of methoxy groups -OCH3 is 1. The minimum Gasteiger partial charge on any atom is -0.497 e. The fourth-order valence-corrected chi connectivity index (χ4v) is 5.38. The Morgan fingerprint density at radius 3 is 2.69 bits per heavy atom. The van der Waals surface area contributed by atoms with Crippen molar-refractivity contribution in [1.29, 1.82) is 0 Å². The summed E-state index contributed by atoms with van der Waals surface area (Å²) < 4.78 is 5.34. The van der Waals surface area contributed by atoms with Crippen LogP contribution in [0.1, 0.15) is 39.9 Å². The van der Waals surface area contributed by atoms with Gasteiger partial charge in [-0.2, -0.15) is 0 Å². The van der Waals surface area contributed by atoms with Crippen LogP contribution in [0.4, 0.5) is 5.13 Å². The number of aromatic nitrogens is 3. The van der Waals surface area contributed by atoms with E-state index in [1.807, 2.05) is 42.1 Å². The maximum absolute atomic E-state index is 14.0. The molecule has 1 saturated heterocycles. The summed E-state index contributed by atoms with van der Waals surface area (Å²) in [5.41, 5.74) is 6.60. The Balaban J connectivity index is 1.56. The van der Waals surface area contributed by atoms with Crippen LogP contribution in [0.3, 0.4) is 0 Å². The number of rotatable bonds is 5. The fourth-order valence-electron chi connectivity index (χ4n) is 4.41. The van der Waals surface area contributed by atoms with Crippen LogP contribution in [0.15, 0.2) is 48.6 Å². The standard InChI is InChI=1S/C27H29N5O2S/c1-15-11-22(25-28-20-10-9-19(34-6)13-21(20)29-25)32(14-15)26(33)23-24(35-27(30-23)31(4)5)18-8-7-16(2)17(3)12-18/h7-10,12-13,22H,1,11,14H2,2-6H3,(H,28,29)/t22-/m0/s1. The number of carbonyl (C=O) groups excluding carboxylic acids is 1. The predicted octanol–water partition coefficient (Wildman–Crippen LogP) is 5.52. The van der Waals surface area contributed by atoms with Gasteiger partial charge in [0.15, 0.2) is 5.13 Å². The lowest BCUT2D eigenvalue weighted by molar-refractivity contribution is 0.0728. The van der Waals surface area contributed by atoms with Crippen molar-refractivity contribution >= 4 is 33.4 Å². The Morgan fingerprint density at radius 1 is 1.17 bits per heavy atom. The lowest BCUT2D eigenvalue weighted by atomic mass is 10.0. The van der Waals surface area contributed by atoms with Crippen LogP contribution in [0.25, 0.3) is 21.5 Å². The minimum absolute atomic E-state index is 0.107. The molecule has 5 rings (SSSR count). The first kappa shape index (κ1) is 23.1. The van der Waals surface area contributed by atoms with E-state index in [9.17, 15) is 4.79 Å². The van der Waals surface area contributed by atoms with E-state index in [-0.39, 0.29) is 11.9 Å². The molecular weight excluding hydrogens is 458 g/mol. The van der Waals surface area contributed by atoms with Gasteiger partial charge >= 0.3 is 0 Å². The topological polar surface area (TPSA) is 74.3 Å². The molecule has 0 spiro atoms. The van der Waals surface area contributed by atoms with E-state index >= 15 is 0 Å². The van der Waals surface area contributed by atoms with E-state index < -0.39 is 0 Å². The first-order valence-electron chi connectivity index (χ1n) is 11.5. The highest BCUT2D eigenvalue weighted by Gasteiger charge is 2.37. The number of ether oxygens (including phenoxy) is 1. The number of fused-ring (bicyclic) bond motifs is 1. The van der Waals surface area contributed by atoms with Crippen molar-refractivity contribution in [3.05, 3.63) is 71.2 Å². The molecule has 1 amide bonds. The summed E-state index contributed by atoms with van der Waals surface area (Å²) in [6.07, 6.45) is 0.659. The number of aromatic amines is 1. The zero-order chi connectivity index (χ0) is 24.9. The maximum atomic E-state index is 14.0. The number of nitrogens with one attached hydrogen (secondary N) is 1. The molecule has 8 heteroatoms. The monoisotopic (exact) mass is 487 g/mol. The number of anilines is 1. The molecule has 1 N–H and O–H groups in total. The molecule has 35 heavy (non-hydrogen) atoms. The Labute approximate surface area is 209 Å². The number of carbonyl (C=O) groups is 1. The van der Waals surface area contributed by atoms with Crippen molar-refractivity contribution in [2.45, 2.75) is 26.3 Å². The molecule has 0 saturated carbocycles. The van der Waals surface area contributed by atoms with Crippen molar-refractivity contribution in [3.8, 4) is 16.2 Å². The van der Waals surface area contributed by atoms with Crippen LogP contribution in [-0.4, -0.2) is 53.5 Å². The Morgan fingerprint density at radius 2 is 1.97 bits per heavy atom. The molecule has 1 fully saturated rings. The second-order valence-corrected chi connectivity index (χ2v) is 10.3. The number of amides is 1. The molecule has 1 atom stereocenters. The van der Waals surface area contributed by atoms with Crippen molar-refractivity contribution in [1.82, 2.24) is 19.9 Å². The van der Waals surface area contributed by atoms with Gasteiger partial charge in [-0.1, -0.05) is 41.7 Å². The molecular formula is C27H29N5O2S. The van der Waals surface area contributed by atoms with E-state index in [1.54, 1.807) is 7.11 Å². The number of thiazole rings is 1. The first-order chi connectivity index (χ1) is 16.7. The molecule has 0 radical (unpaired) electrons. The summed E-state index contributed by atoms with van der Waals surface area (Å²) in [5, 5.41) is 0.798. The van der Waals surface area contributed by atoms with Crippen LogP contribution < -0.4 is 9.64 Å². The van der Waals surface area contributed by atoms with E-state index in [4.69, 9.17) is 14.7 Å².